The van der Waals surface area contributed by atoms with E-state index in [1.54, 1.807) is 19.1 Å². The number of nitrogens with zero attached hydrogens (tertiary/aromatic N) is 2. The molecule has 1 aliphatic heterocycles. The number of benzene rings is 1. The van der Waals surface area contributed by atoms with Crippen LogP contribution in [-0.4, -0.2) is 31.6 Å². The molecule has 0 fully saturated rings. The van der Waals surface area contributed by atoms with Crippen molar-refractivity contribution in [3.63, 3.8) is 0 Å². The molecule has 6 nitrogen and oxygen atoms in total. The second-order valence-corrected chi connectivity index (χ2v) is 3.87. The van der Waals surface area contributed by atoms with E-state index in [-0.39, 0.29) is 25.7 Å². The van der Waals surface area contributed by atoms with Crippen molar-refractivity contribution in [2.75, 3.05) is 24.7 Å². The summed E-state index contributed by atoms with van der Waals surface area (Å²) in [6, 6.07) is 6.70. The Bertz CT molecular complexity index is 562. The topological polar surface area (TPSA) is 79.6 Å². The molecule has 1 aromatic carbocycles. The predicted molar refractivity (Wildman–Crippen MR) is 65.6 cm³/mol. The van der Waals surface area contributed by atoms with Crippen molar-refractivity contribution in [1.29, 1.82) is 5.26 Å². The van der Waals surface area contributed by atoms with Gasteiger partial charge in [-0.25, -0.2) is 0 Å². The number of fused-ring (bicyclic) bond motifs is 1. The zero-order chi connectivity index (χ0) is 13.8. The average molecular weight is 260 g/mol. The smallest absolute Gasteiger partial charge is 0.326 e. The first-order valence-corrected chi connectivity index (χ1v) is 5.78. The van der Waals surface area contributed by atoms with Crippen molar-refractivity contribution in [2.45, 2.75) is 6.92 Å². The lowest BCUT2D eigenvalue weighted by Gasteiger charge is -2.28. The van der Waals surface area contributed by atoms with Crippen molar-refractivity contribution in [1.82, 2.24) is 0 Å². The summed E-state index contributed by atoms with van der Waals surface area (Å²) < 4.78 is 10.1. The van der Waals surface area contributed by atoms with E-state index in [4.69, 9.17) is 14.7 Å². The molecule has 1 aliphatic rings. The fourth-order valence-electron chi connectivity index (χ4n) is 1.78. The van der Waals surface area contributed by atoms with E-state index in [2.05, 4.69) is 0 Å². The summed E-state index contributed by atoms with van der Waals surface area (Å²) in [5.74, 6) is -0.357. The van der Waals surface area contributed by atoms with Crippen molar-refractivity contribution in [3.8, 4) is 11.8 Å². The van der Waals surface area contributed by atoms with Crippen molar-refractivity contribution >= 4 is 17.6 Å². The number of carbonyl (C=O) groups is 2. The van der Waals surface area contributed by atoms with Gasteiger partial charge in [0.15, 0.2) is 6.61 Å². The van der Waals surface area contributed by atoms with Gasteiger partial charge in [-0.15, -0.1) is 0 Å². The molecule has 0 spiro atoms. The van der Waals surface area contributed by atoms with Crippen molar-refractivity contribution in [2.24, 2.45) is 0 Å². The lowest BCUT2D eigenvalue weighted by molar-refractivity contribution is -0.142. The maximum Gasteiger partial charge on any atom is 0.326 e. The first-order valence-electron chi connectivity index (χ1n) is 5.78. The molecule has 19 heavy (non-hydrogen) atoms. The van der Waals surface area contributed by atoms with E-state index < -0.39 is 5.97 Å². The van der Waals surface area contributed by atoms with Gasteiger partial charge in [-0.1, -0.05) is 0 Å². The third-order valence-corrected chi connectivity index (χ3v) is 2.62. The minimum atomic E-state index is -0.494. The molecule has 0 unspecified atom stereocenters. The normalized spacial score (nSPS) is 13.3. The maximum absolute atomic E-state index is 11.8. The zero-order valence-corrected chi connectivity index (χ0v) is 10.4. The number of nitriles is 1. The quantitative estimate of drug-likeness (QED) is 0.752. The van der Waals surface area contributed by atoms with Crippen LogP contribution in [0.1, 0.15) is 12.5 Å². The maximum atomic E-state index is 11.8. The summed E-state index contributed by atoms with van der Waals surface area (Å²) in [5.41, 5.74) is 0.814. The monoisotopic (exact) mass is 260 g/mol. The Labute approximate surface area is 110 Å². The molecule has 0 aromatic heterocycles. The third kappa shape index (κ3) is 2.65. The van der Waals surface area contributed by atoms with Crippen LogP contribution in [0.5, 0.6) is 5.75 Å². The minimum absolute atomic E-state index is 0.127. The Morgan fingerprint density at radius 2 is 2.37 bits per heavy atom. The lowest BCUT2D eigenvalue weighted by atomic mass is 10.1. The summed E-state index contributed by atoms with van der Waals surface area (Å²) >= 11 is 0. The van der Waals surface area contributed by atoms with Crippen LogP contribution in [0.3, 0.4) is 0 Å². The van der Waals surface area contributed by atoms with Gasteiger partial charge in [0.2, 0.25) is 0 Å². The largest absolute Gasteiger partial charge is 0.482 e. The van der Waals surface area contributed by atoms with E-state index in [1.165, 1.54) is 11.0 Å². The van der Waals surface area contributed by atoms with Gasteiger partial charge < -0.3 is 9.47 Å². The number of anilines is 1. The molecule has 6 heteroatoms. The van der Waals surface area contributed by atoms with Crippen molar-refractivity contribution in [3.05, 3.63) is 23.8 Å². The summed E-state index contributed by atoms with van der Waals surface area (Å²) in [6.45, 7) is 1.64. The van der Waals surface area contributed by atoms with Gasteiger partial charge in [-0.3, -0.25) is 14.5 Å². The van der Waals surface area contributed by atoms with Gasteiger partial charge >= 0.3 is 5.97 Å². The summed E-state index contributed by atoms with van der Waals surface area (Å²) in [6.07, 6.45) is 0. The lowest BCUT2D eigenvalue weighted by Crippen LogP contribution is -2.42. The standard InChI is InChI=1S/C13H12N2O4/c1-2-18-13(17)7-15-10-5-9(6-14)3-4-11(10)19-8-12(15)16/h3-5H,2,7-8H2,1H3. The number of esters is 1. The van der Waals surface area contributed by atoms with Gasteiger partial charge in [0.25, 0.3) is 5.91 Å². The summed E-state index contributed by atoms with van der Waals surface area (Å²) in [5, 5.41) is 8.87. The number of carbonyl (C=O) groups excluding carboxylic acids is 2. The molecular weight excluding hydrogens is 248 g/mol. The average Bonchev–Trinajstić information content (AvgIpc) is 2.42. The highest BCUT2D eigenvalue weighted by Gasteiger charge is 2.28. The van der Waals surface area contributed by atoms with Crippen LogP contribution in [-0.2, 0) is 14.3 Å². The fourth-order valence-corrected chi connectivity index (χ4v) is 1.78. The number of hydrogen-bond acceptors (Lipinski definition) is 5. The fraction of sp³-hybridized carbons (Fsp3) is 0.308. The Kier molecular flexibility index (Phi) is 3.66. The molecule has 0 saturated heterocycles. The molecule has 98 valence electrons. The Morgan fingerprint density at radius 3 is 3.05 bits per heavy atom. The Balaban J connectivity index is 2.31. The molecule has 0 aliphatic carbocycles. The van der Waals surface area contributed by atoms with E-state index in [9.17, 15) is 9.59 Å². The van der Waals surface area contributed by atoms with Gasteiger partial charge in [0, 0.05) is 0 Å². The molecule has 0 atom stereocenters. The Morgan fingerprint density at radius 1 is 1.58 bits per heavy atom. The van der Waals surface area contributed by atoms with Crippen LogP contribution in [0.25, 0.3) is 0 Å². The second-order valence-electron chi connectivity index (χ2n) is 3.87. The molecule has 1 aromatic rings. The summed E-state index contributed by atoms with van der Waals surface area (Å²) in [4.78, 5) is 24.6. The second kappa shape index (κ2) is 5.40. The molecule has 1 heterocycles. The number of ether oxygens (including phenoxy) is 2. The van der Waals surface area contributed by atoms with E-state index in [1.807, 2.05) is 6.07 Å². The Hall–Kier alpha value is -2.55. The van der Waals surface area contributed by atoms with E-state index >= 15 is 0 Å². The first kappa shape index (κ1) is 12.9. The third-order valence-electron chi connectivity index (χ3n) is 2.62. The highest BCUT2D eigenvalue weighted by Crippen LogP contribution is 2.32. The van der Waals surface area contributed by atoms with Crippen LogP contribution in [0, 0.1) is 11.3 Å². The predicted octanol–water partition coefficient (Wildman–Crippen LogP) is 0.847. The van der Waals surface area contributed by atoms with Crippen LogP contribution in [0.2, 0.25) is 0 Å². The highest BCUT2D eigenvalue weighted by molar-refractivity contribution is 6.01. The SMILES string of the molecule is CCOC(=O)CN1C(=O)COc2ccc(C#N)cc21. The van der Waals surface area contributed by atoms with Crippen LogP contribution >= 0.6 is 0 Å². The van der Waals surface area contributed by atoms with E-state index in [0.717, 1.165) is 0 Å². The minimum Gasteiger partial charge on any atom is -0.482 e. The first-order chi connectivity index (χ1) is 9.15. The molecule has 2 rings (SSSR count). The van der Waals surface area contributed by atoms with Gasteiger partial charge in [-0.2, -0.15) is 5.26 Å². The van der Waals surface area contributed by atoms with Crippen LogP contribution in [0.15, 0.2) is 18.2 Å². The number of hydrogen-bond donors (Lipinski definition) is 0. The molecular formula is C13H12N2O4. The number of amides is 1. The van der Waals surface area contributed by atoms with Crippen molar-refractivity contribution < 1.29 is 19.1 Å². The molecule has 0 radical (unpaired) electrons. The van der Waals surface area contributed by atoms with Crippen LogP contribution < -0.4 is 9.64 Å². The summed E-state index contributed by atoms with van der Waals surface area (Å²) in [7, 11) is 0. The van der Waals surface area contributed by atoms with Gasteiger partial charge in [0.1, 0.15) is 12.3 Å². The van der Waals surface area contributed by atoms with Crippen LogP contribution in [0.4, 0.5) is 5.69 Å². The molecule has 0 bridgehead atoms. The highest BCUT2D eigenvalue weighted by atomic mass is 16.5. The zero-order valence-electron chi connectivity index (χ0n) is 10.4. The molecule has 1 amide bonds. The number of rotatable bonds is 3. The van der Waals surface area contributed by atoms with Gasteiger partial charge in [0.05, 0.1) is 23.9 Å². The van der Waals surface area contributed by atoms with E-state index in [0.29, 0.717) is 17.0 Å². The van der Waals surface area contributed by atoms with Gasteiger partial charge in [-0.05, 0) is 25.1 Å². The molecule has 0 N–H and O–H groups in total. The molecule has 0 saturated carbocycles.